The Hall–Kier alpha value is -3.74. The predicted octanol–water partition coefficient (Wildman–Crippen LogP) is 4.14. The van der Waals surface area contributed by atoms with Crippen LogP contribution < -0.4 is 11.1 Å². The van der Waals surface area contributed by atoms with Gasteiger partial charge in [0.2, 0.25) is 5.91 Å². The molecule has 4 N–H and O–H groups in total. The van der Waals surface area contributed by atoms with Crippen LogP contribution in [0.25, 0.3) is 22.5 Å². The number of aliphatic imine (C=N–C) groups is 1. The van der Waals surface area contributed by atoms with E-state index in [4.69, 9.17) is 5.73 Å². The molecule has 0 aliphatic carbocycles. The number of phenols is 1. The van der Waals surface area contributed by atoms with Gasteiger partial charge in [-0.05, 0) is 60.5 Å². The average Bonchev–Trinajstić information content (AvgIpc) is 2.77. The number of hydrogen-bond donors (Lipinski definition) is 3. The molecule has 0 spiro atoms. The Bertz CT molecular complexity index is 1060. The van der Waals surface area contributed by atoms with Crippen molar-refractivity contribution in [3.8, 4) is 28.3 Å². The Labute approximate surface area is 182 Å². The lowest BCUT2D eigenvalue weighted by Crippen LogP contribution is -2.20. The van der Waals surface area contributed by atoms with Crippen LogP contribution in [0.5, 0.6) is 5.75 Å². The number of nitrogens with two attached hydrogens (primary N) is 1. The van der Waals surface area contributed by atoms with E-state index in [1.807, 2.05) is 18.2 Å². The van der Waals surface area contributed by atoms with Gasteiger partial charge in [0.25, 0.3) is 0 Å². The molecule has 0 fully saturated rings. The zero-order chi connectivity index (χ0) is 22.4. The number of anilines is 1. The van der Waals surface area contributed by atoms with E-state index in [-0.39, 0.29) is 11.8 Å². The normalized spacial score (nSPS) is 11.8. The van der Waals surface area contributed by atoms with E-state index in [0.717, 1.165) is 17.5 Å². The molecule has 2 aromatic carbocycles. The van der Waals surface area contributed by atoms with E-state index in [1.165, 1.54) is 0 Å². The first kappa shape index (κ1) is 22.0. The van der Waals surface area contributed by atoms with Gasteiger partial charge < -0.3 is 16.2 Å². The second-order valence-electron chi connectivity index (χ2n) is 7.79. The first-order valence-corrected chi connectivity index (χ1v) is 10.1. The molecule has 0 saturated carbocycles. The van der Waals surface area contributed by atoms with Crippen molar-refractivity contribution in [3.05, 3.63) is 60.3 Å². The summed E-state index contributed by atoms with van der Waals surface area (Å²) in [5.74, 6) is 1.19. The number of primary amides is 1. The van der Waals surface area contributed by atoms with Gasteiger partial charge in [0, 0.05) is 18.3 Å². The molecule has 0 aliphatic heterocycles. The van der Waals surface area contributed by atoms with Crippen molar-refractivity contribution in [1.82, 2.24) is 9.97 Å². The van der Waals surface area contributed by atoms with Gasteiger partial charge in [0.15, 0.2) is 5.82 Å². The van der Waals surface area contributed by atoms with Gasteiger partial charge in [0.05, 0.1) is 11.6 Å². The van der Waals surface area contributed by atoms with Crippen molar-refractivity contribution >= 4 is 18.4 Å². The predicted molar refractivity (Wildman–Crippen MR) is 124 cm³/mol. The maximum Gasteiger partial charge on any atom is 0.248 e. The molecule has 0 aliphatic rings. The first-order chi connectivity index (χ1) is 14.9. The molecule has 1 atom stereocenters. The third kappa shape index (κ3) is 5.66. The lowest BCUT2D eigenvalue weighted by Gasteiger charge is -2.15. The smallest absolute Gasteiger partial charge is 0.248 e. The van der Waals surface area contributed by atoms with Gasteiger partial charge in [0.1, 0.15) is 11.6 Å². The molecule has 160 valence electrons. The topological polar surface area (TPSA) is 113 Å². The van der Waals surface area contributed by atoms with E-state index in [0.29, 0.717) is 35.2 Å². The van der Waals surface area contributed by atoms with Crippen LogP contribution in [0.1, 0.15) is 30.6 Å². The van der Waals surface area contributed by atoms with Crippen molar-refractivity contribution in [2.45, 2.75) is 26.3 Å². The largest absolute Gasteiger partial charge is 0.507 e. The monoisotopic (exact) mass is 417 g/mol. The number of rotatable bonds is 9. The van der Waals surface area contributed by atoms with Gasteiger partial charge in [-0.1, -0.05) is 32.0 Å². The molecule has 7 heteroatoms. The third-order valence-electron chi connectivity index (χ3n) is 4.92. The van der Waals surface area contributed by atoms with Crippen molar-refractivity contribution in [2.24, 2.45) is 16.6 Å². The summed E-state index contributed by atoms with van der Waals surface area (Å²) in [6.07, 6.45) is 2.59. The summed E-state index contributed by atoms with van der Waals surface area (Å²) in [5, 5.41) is 13.7. The number of aromatic hydroxyl groups is 1. The molecule has 0 unspecified atom stereocenters. The second-order valence-corrected chi connectivity index (χ2v) is 7.79. The number of benzene rings is 2. The molecule has 3 rings (SSSR count). The number of nitrogens with one attached hydrogen (secondary N) is 1. The fraction of sp³-hybridized carbons (Fsp3) is 0.250. The van der Waals surface area contributed by atoms with Crippen molar-refractivity contribution in [2.75, 3.05) is 11.9 Å². The number of amides is 1. The highest BCUT2D eigenvalue weighted by atomic mass is 16.3. The Balaban J connectivity index is 1.84. The number of hydrogen-bond acceptors (Lipinski definition) is 6. The molecule has 1 heterocycles. The summed E-state index contributed by atoms with van der Waals surface area (Å²) in [4.78, 5) is 24.4. The summed E-state index contributed by atoms with van der Waals surface area (Å²) < 4.78 is 0. The maximum atomic E-state index is 11.3. The zero-order valence-electron chi connectivity index (χ0n) is 17.7. The highest BCUT2D eigenvalue weighted by Gasteiger charge is 2.12. The van der Waals surface area contributed by atoms with Crippen molar-refractivity contribution in [1.29, 1.82) is 0 Å². The molecule has 31 heavy (non-hydrogen) atoms. The van der Waals surface area contributed by atoms with Crippen molar-refractivity contribution < 1.29 is 9.90 Å². The number of phenolic OH excluding ortho intramolecular Hbond substituents is 1. The van der Waals surface area contributed by atoms with Gasteiger partial charge >= 0.3 is 0 Å². The molecule has 0 bridgehead atoms. The van der Waals surface area contributed by atoms with Crippen LogP contribution >= 0.6 is 0 Å². The van der Waals surface area contributed by atoms with E-state index < -0.39 is 5.91 Å². The molecule has 0 radical (unpaired) electrons. The summed E-state index contributed by atoms with van der Waals surface area (Å²) in [6.45, 7) is 8.60. The van der Waals surface area contributed by atoms with Gasteiger partial charge in [-0.3, -0.25) is 9.79 Å². The summed E-state index contributed by atoms with van der Waals surface area (Å²) in [7, 11) is 0. The Morgan fingerprint density at radius 3 is 2.52 bits per heavy atom. The second kappa shape index (κ2) is 9.84. The minimum atomic E-state index is -0.474. The fourth-order valence-electron chi connectivity index (χ4n) is 3.30. The quantitative estimate of drug-likeness (QED) is 0.453. The SMILES string of the molecule is C=N[C@@H](CNc1ccnc(-c2cc(-c3ccc(C(N)=O)cc3)ccc2O)n1)CC(C)C. The van der Waals surface area contributed by atoms with Crippen LogP contribution in [0.4, 0.5) is 5.82 Å². The minimum Gasteiger partial charge on any atom is -0.507 e. The van der Waals surface area contributed by atoms with Crippen LogP contribution in [0.15, 0.2) is 59.7 Å². The van der Waals surface area contributed by atoms with Gasteiger partial charge in [-0.25, -0.2) is 9.97 Å². The van der Waals surface area contributed by atoms with Gasteiger partial charge in [-0.2, -0.15) is 0 Å². The molecule has 1 aromatic heterocycles. The third-order valence-corrected chi connectivity index (χ3v) is 4.92. The van der Waals surface area contributed by atoms with Gasteiger partial charge in [-0.15, -0.1) is 0 Å². The average molecular weight is 418 g/mol. The Morgan fingerprint density at radius 2 is 1.87 bits per heavy atom. The summed E-state index contributed by atoms with van der Waals surface area (Å²) in [5.41, 5.74) is 8.01. The van der Waals surface area contributed by atoms with Crippen LogP contribution in [-0.2, 0) is 0 Å². The van der Waals surface area contributed by atoms with E-state index in [1.54, 1.807) is 36.5 Å². The number of nitrogens with zero attached hydrogens (tertiary/aromatic N) is 3. The summed E-state index contributed by atoms with van der Waals surface area (Å²) >= 11 is 0. The standard InChI is InChI=1S/C24H27N5O2/c1-15(2)12-19(26-3)14-28-22-10-11-27-24(29-22)20-13-18(8-9-21(20)30)16-4-6-17(7-5-16)23(25)31/h4-11,13,15,19,30H,3,12,14H2,1-2H3,(H2,25,31)(H,27,28,29)/t19-/m1/s1. The molecule has 0 saturated heterocycles. The number of aromatic nitrogens is 2. The molecular weight excluding hydrogens is 390 g/mol. The highest BCUT2D eigenvalue weighted by Crippen LogP contribution is 2.32. The zero-order valence-corrected chi connectivity index (χ0v) is 17.7. The molecular formula is C24H27N5O2. The lowest BCUT2D eigenvalue weighted by molar-refractivity contribution is 0.100. The van der Waals surface area contributed by atoms with E-state index in [2.05, 4.69) is 40.8 Å². The van der Waals surface area contributed by atoms with Crippen LogP contribution in [-0.4, -0.2) is 40.3 Å². The van der Waals surface area contributed by atoms with Crippen LogP contribution in [0, 0.1) is 5.92 Å². The number of carbonyl (C=O) groups is 1. The van der Waals surface area contributed by atoms with E-state index in [9.17, 15) is 9.90 Å². The van der Waals surface area contributed by atoms with E-state index >= 15 is 0 Å². The first-order valence-electron chi connectivity index (χ1n) is 10.1. The molecule has 7 nitrogen and oxygen atoms in total. The van der Waals surface area contributed by atoms with Crippen LogP contribution in [0.3, 0.4) is 0 Å². The summed E-state index contributed by atoms with van der Waals surface area (Å²) in [6, 6.07) is 14.1. The Kier molecular flexibility index (Phi) is 6.97. The Morgan fingerprint density at radius 1 is 1.16 bits per heavy atom. The lowest BCUT2D eigenvalue weighted by atomic mass is 10.0. The highest BCUT2D eigenvalue weighted by molar-refractivity contribution is 5.93. The van der Waals surface area contributed by atoms with Crippen molar-refractivity contribution in [3.63, 3.8) is 0 Å². The minimum absolute atomic E-state index is 0.0834. The van der Waals surface area contributed by atoms with Crippen LogP contribution in [0.2, 0.25) is 0 Å². The maximum absolute atomic E-state index is 11.3. The fourth-order valence-corrected chi connectivity index (χ4v) is 3.30. The molecule has 1 amide bonds. The number of carbonyl (C=O) groups excluding carboxylic acids is 1. The molecule has 3 aromatic rings.